The Morgan fingerprint density at radius 3 is 2.67 bits per heavy atom. The van der Waals surface area contributed by atoms with Gasteiger partial charge in [0.25, 0.3) is 0 Å². The fourth-order valence-corrected chi connectivity index (χ4v) is 7.79. The molecule has 2 aliphatic rings. The van der Waals surface area contributed by atoms with Crippen LogP contribution < -0.4 is 10.0 Å². The van der Waals surface area contributed by atoms with Crippen molar-refractivity contribution in [1.29, 1.82) is 0 Å². The van der Waals surface area contributed by atoms with Crippen molar-refractivity contribution in [1.82, 2.24) is 14.6 Å². The number of piperidine rings is 1. The molecule has 0 radical (unpaired) electrons. The van der Waals surface area contributed by atoms with Crippen LogP contribution in [0.5, 0.6) is 0 Å². The zero-order chi connectivity index (χ0) is 28.4. The fraction of sp³-hybridized carbons (Fsp3) is 0.593. The number of rotatable bonds is 9. The van der Waals surface area contributed by atoms with Crippen LogP contribution in [0.15, 0.2) is 22.4 Å². The molecule has 1 atom stereocenters. The average Bonchev–Trinajstić information content (AvgIpc) is 3.26. The van der Waals surface area contributed by atoms with Crippen LogP contribution in [0.3, 0.4) is 0 Å². The van der Waals surface area contributed by atoms with Gasteiger partial charge in [-0.2, -0.15) is 4.72 Å². The minimum absolute atomic E-state index is 0.0440. The molecular formula is C27H37ClN4O5S2. The highest BCUT2D eigenvalue weighted by Crippen LogP contribution is 2.38. The fourth-order valence-electron chi connectivity index (χ4n) is 5.23. The highest BCUT2D eigenvalue weighted by Gasteiger charge is 2.35. The van der Waals surface area contributed by atoms with Crippen molar-refractivity contribution in [2.24, 2.45) is 11.3 Å². The second-order valence-corrected chi connectivity index (χ2v) is 14.4. The Labute approximate surface area is 239 Å². The molecule has 1 amide bonds. The second-order valence-electron chi connectivity index (χ2n) is 11.3. The number of carbonyl (C=O) groups excluding carboxylic acids is 2. The minimum atomic E-state index is -4.10. The van der Waals surface area contributed by atoms with Gasteiger partial charge in [0, 0.05) is 49.1 Å². The standard InChI is InChI=1S/C27H37ClN4O5S2/c1-17-15-38-24(30-17)13-22(26(34)32-8-5-19(6-9-32)7-10-37-18(2)33)31-39(35,36)23-12-21(28)11-20-14-27(3,4)16-29-25(20)23/h11-12,15,19,22,29,31H,5-10,13-14,16H2,1-4H3. The molecule has 1 aromatic heterocycles. The molecule has 12 heteroatoms. The quantitative estimate of drug-likeness (QED) is 0.417. The van der Waals surface area contributed by atoms with E-state index in [1.54, 1.807) is 11.0 Å². The first kappa shape index (κ1) is 29.8. The zero-order valence-corrected chi connectivity index (χ0v) is 25.3. The van der Waals surface area contributed by atoms with Gasteiger partial charge in [-0.3, -0.25) is 9.59 Å². The molecule has 214 valence electrons. The van der Waals surface area contributed by atoms with E-state index in [9.17, 15) is 18.0 Å². The third kappa shape index (κ3) is 7.71. The number of esters is 1. The first-order valence-electron chi connectivity index (χ1n) is 13.2. The first-order valence-corrected chi connectivity index (χ1v) is 16.0. The lowest BCUT2D eigenvalue weighted by molar-refractivity contribution is -0.141. The number of likely N-dealkylation sites (tertiary alicyclic amines) is 1. The number of fused-ring (bicyclic) bond motifs is 1. The van der Waals surface area contributed by atoms with E-state index in [0.717, 1.165) is 30.5 Å². The van der Waals surface area contributed by atoms with Crippen LogP contribution in [-0.4, -0.2) is 62.5 Å². The molecule has 0 spiro atoms. The Kier molecular flexibility index (Phi) is 9.25. The van der Waals surface area contributed by atoms with Crippen LogP contribution >= 0.6 is 22.9 Å². The Balaban J connectivity index is 1.54. The van der Waals surface area contributed by atoms with E-state index in [0.29, 0.717) is 54.3 Å². The van der Waals surface area contributed by atoms with Crippen molar-refractivity contribution in [2.45, 2.75) is 70.7 Å². The molecule has 0 aliphatic carbocycles. The van der Waals surface area contributed by atoms with Gasteiger partial charge in [-0.15, -0.1) is 11.3 Å². The number of aromatic nitrogens is 1. The summed E-state index contributed by atoms with van der Waals surface area (Å²) in [6.45, 7) is 9.51. The average molecular weight is 597 g/mol. The summed E-state index contributed by atoms with van der Waals surface area (Å²) in [7, 11) is -4.10. The third-order valence-electron chi connectivity index (χ3n) is 7.25. The maximum Gasteiger partial charge on any atom is 0.302 e. The maximum atomic E-state index is 13.8. The van der Waals surface area contributed by atoms with Gasteiger partial charge in [-0.05, 0) is 61.6 Å². The highest BCUT2D eigenvalue weighted by atomic mass is 35.5. The lowest BCUT2D eigenvalue weighted by atomic mass is 9.82. The Morgan fingerprint density at radius 1 is 1.31 bits per heavy atom. The molecule has 1 saturated heterocycles. The number of anilines is 1. The Morgan fingerprint density at radius 2 is 2.03 bits per heavy atom. The van der Waals surface area contributed by atoms with E-state index in [1.165, 1.54) is 24.3 Å². The van der Waals surface area contributed by atoms with Crippen LogP contribution in [0.25, 0.3) is 0 Å². The first-order chi connectivity index (χ1) is 18.3. The minimum Gasteiger partial charge on any atom is -0.466 e. The summed E-state index contributed by atoms with van der Waals surface area (Å²) in [5.41, 5.74) is 2.16. The lowest BCUT2D eigenvalue weighted by Crippen LogP contribution is -2.51. The molecule has 2 aromatic rings. The molecule has 9 nitrogen and oxygen atoms in total. The molecule has 0 saturated carbocycles. The van der Waals surface area contributed by atoms with Gasteiger partial charge < -0.3 is 15.0 Å². The van der Waals surface area contributed by atoms with Gasteiger partial charge in [0.05, 0.1) is 17.3 Å². The van der Waals surface area contributed by atoms with Crippen molar-refractivity contribution in [2.75, 3.05) is 31.6 Å². The van der Waals surface area contributed by atoms with Crippen molar-refractivity contribution < 1.29 is 22.7 Å². The van der Waals surface area contributed by atoms with Crippen LogP contribution in [0.2, 0.25) is 5.02 Å². The zero-order valence-electron chi connectivity index (χ0n) is 22.9. The monoisotopic (exact) mass is 596 g/mol. The van der Waals surface area contributed by atoms with E-state index in [1.807, 2.05) is 12.3 Å². The van der Waals surface area contributed by atoms with Gasteiger partial charge in [0.2, 0.25) is 15.9 Å². The number of aryl methyl sites for hydroxylation is 1. The van der Waals surface area contributed by atoms with Gasteiger partial charge >= 0.3 is 5.97 Å². The predicted molar refractivity (Wildman–Crippen MR) is 153 cm³/mol. The van der Waals surface area contributed by atoms with E-state index >= 15 is 0 Å². The number of nitrogens with one attached hydrogen (secondary N) is 2. The number of amides is 1. The number of thiazole rings is 1. The SMILES string of the molecule is CC(=O)OCCC1CCN(C(=O)C(Cc2nc(C)cs2)NS(=O)(=O)c2cc(Cl)cc3c2NCC(C)(C)C3)CC1. The Bertz CT molecular complexity index is 1320. The summed E-state index contributed by atoms with van der Waals surface area (Å²) >= 11 is 7.78. The van der Waals surface area contributed by atoms with Gasteiger partial charge in [-0.1, -0.05) is 25.4 Å². The summed E-state index contributed by atoms with van der Waals surface area (Å²) < 4.78 is 35.4. The van der Waals surface area contributed by atoms with E-state index in [4.69, 9.17) is 16.3 Å². The molecule has 3 heterocycles. The number of hydrogen-bond acceptors (Lipinski definition) is 8. The Hall–Kier alpha value is -2.21. The van der Waals surface area contributed by atoms with Gasteiger partial charge in [-0.25, -0.2) is 13.4 Å². The molecule has 1 unspecified atom stereocenters. The van der Waals surface area contributed by atoms with E-state index < -0.39 is 16.1 Å². The molecule has 2 N–H and O–H groups in total. The number of sulfonamides is 1. The van der Waals surface area contributed by atoms with Crippen molar-refractivity contribution in [3.05, 3.63) is 38.8 Å². The molecule has 2 aliphatic heterocycles. The van der Waals surface area contributed by atoms with E-state index in [-0.39, 0.29) is 28.6 Å². The number of nitrogens with zero attached hydrogens (tertiary/aromatic N) is 2. The van der Waals surface area contributed by atoms with Crippen LogP contribution in [0.4, 0.5) is 5.69 Å². The van der Waals surface area contributed by atoms with Crippen LogP contribution in [-0.2, 0) is 37.2 Å². The van der Waals surface area contributed by atoms with Crippen LogP contribution in [0.1, 0.15) is 56.3 Å². The predicted octanol–water partition coefficient (Wildman–Crippen LogP) is 4.18. The largest absolute Gasteiger partial charge is 0.466 e. The molecule has 4 rings (SSSR count). The molecular weight excluding hydrogens is 560 g/mol. The van der Waals surface area contributed by atoms with Gasteiger partial charge in [0.1, 0.15) is 10.9 Å². The summed E-state index contributed by atoms with van der Waals surface area (Å²) in [4.78, 5) is 31.0. The number of ether oxygens (including phenoxy) is 1. The summed E-state index contributed by atoms with van der Waals surface area (Å²) in [6, 6.07) is 2.24. The van der Waals surface area contributed by atoms with Crippen molar-refractivity contribution in [3.8, 4) is 0 Å². The van der Waals surface area contributed by atoms with Gasteiger partial charge in [0.15, 0.2) is 0 Å². The molecule has 0 bridgehead atoms. The number of halogens is 1. The number of benzene rings is 1. The number of hydrogen-bond donors (Lipinski definition) is 2. The third-order valence-corrected chi connectivity index (χ3v) is 9.95. The van der Waals surface area contributed by atoms with Crippen LogP contribution in [0, 0.1) is 18.3 Å². The normalized spacial score (nSPS) is 18.2. The smallest absolute Gasteiger partial charge is 0.302 e. The van der Waals surface area contributed by atoms with Crippen molar-refractivity contribution in [3.63, 3.8) is 0 Å². The molecule has 1 aromatic carbocycles. The molecule has 39 heavy (non-hydrogen) atoms. The summed E-state index contributed by atoms with van der Waals surface area (Å²) in [6.07, 6.45) is 3.13. The lowest BCUT2D eigenvalue weighted by Gasteiger charge is -2.35. The maximum absolute atomic E-state index is 13.8. The highest BCUT2D eigenvalue weighted by molar-refractivity contribution is 7.89. The topological polar surface area (TPSA) is 118 Å². The summed E-state index contributed by atoms with van der Waals surface area (Å²) in [5.74, 6) is -0.219. The number of carbonyl (C=O) groups is 2. The second kappa shape index (κ2) is 12.1. The van der Waals surface area contributed by atoms with Crippen molar-refractivity contribution >= 4 is 50.5 Å². The summed E-state index contributed by atoms with van der Waals surface area (Å²) in [5, 5.41) is 6.20. The van der Waals surface area contributed by atoms with E-state index in [2.05, 4.69) is 28.9 Å². The molecule has 1 fully saturated rings.